The predicted octanol–water partition coefficient (Wildman–Crippen LogP) is 4.01. The average molecular weight is 440 g/mol. The van der Waals surface area contributed by atoms with Crippen molar-refractivity contribution in [3.63, 3.8) is 0 Å². The highest BCUT2D eigenvalue weighted by molar-refractivity contribution is 9.10. The molecule has 0 saturated carbocycles. The molecule has 1 aromatic carbocycles. The largest absolute Gasteiger partial charge is 0.354 e. The summed E-state index contributed by atoms with van der Waals surface area (Å²) in [5, 5.41) is 5.88. The number of rotatable bonds is 3. The molecule has 3 rings (SSSR count). The number of urea groups is 1. The van der Waals surface area contributed by atoms with E-state index >= 15 is 0 Å². The summed E-state index contributed by atoms with van der Waals surface area (Å²) in [4.78, 5) is 18.7. The van der Waals surface area contributed by atoms with Crippen LogP contribution in [-0.4, -0.2) is 30.1 Å². The van der Waals surface area contributed by atoms with Crippen LogP contribution in [0, 0.1) is 0 Å². The van der Waals surface area contributed by atoms with Gasteiger partial charge < -0.3 is 15.5 Å². The summed E-state index contributed by atoms with van der Waals surface area (Å²) >= 11 is 6.81. The van der Waals surface area contributed by atoms with Crippen molar-refractivity contribution in [3.8, 4) is 0 Å². The van der Waals surface area contributed by atoms with E-state index in [9.17, 15) is 4.79 Å². The fourth-order valence-electron chi connectivity index (χ4n) is 2.55. The molecule has 120 valence electrons. The van der Waals surface area contributed by atoms with E-state index in [4.69, 9.17) is 0 Å². The van der Waals surface area contributed by atoms with E-state index in [2.05, 4.69) is 52.4 Å². The number of benzene rings is 1. The van der Waals surface area contributed by atoms with E-state index in [1.807, 2.05) is 36.4 Å². The summed E-state index contributed by atoms with van der Waals surface area (Å²) in [6.45, 7) is 1.65. The first-order chi connectivity index (χ1) is 11.1. The van der Waals surface area contributed by atoms with Crippen LogP contribution in [0.3, 0.4) is 0 Å². The Morgan fingerprint density at radius 2 is 2.04 bits per heavy atom. The first-order valence-electron chi connectivity index (χ1n) is 7.30. The molecule has 0 spiro atoms. The van der Waals surface area contributed by atoms with Gasteiger partial charge in [-0.2, -0.15) is 0 Å². The first kappa shape index (κ1) is 16.3. The van der Waals surface area contributed by atoms with Gasteiger partial charge in [0.1, 0.15) is 5.82 Å². The van der Waals surface area contributed by atoms with Crippen molar-refractivity contribution < 1.29 is 4.79 Å². The monoisotopic (exact) mass is 438 g/mol. The molecule has 1 aliphatic heterocycles. The zero-order valence-electron chi connectivity index (χ0n) is 12.3. The Labute approximate surface area is 151 Å². The van der Waals surface area contributed by atoms with E-state index in [1.165, 1.54) is 0 Å². The molecule has 2 heterocycles. The molecule has 2 amide bonds. The molecule has 0 aliphatic carbocycles. The molecule has 2 N–H and O–H groups in total. The summed E-state index contributed by atoms with van der Waals surface area (Å²) in [5.74, 6) is 0.934. The van der Waals surface area contributed by atoms with Crippen LogP contribution in [0.2, 0.25) is 0 Å². The maximum absolute atomic E-state index is 12.1. The minimum absolute atomic E-state index is 0.114. The van der Waals surface area contributed by atoms with Crippen LogP contribution < -0.4 is 15.5 Å². The fourth-order valence-corrected chi connectivity index (χ4v) is 3.17. The second-order valence-electron chi connectivity index (χ2n) is 5.34. The average Bonchev–Trinajstić information content (AvgIpc) is 2.98. The van der Waals surface area contributed by atoms with Gasteiger partial charge in [-0.25, -0.2) is 9.78 Å². The summed E-state index contributed by atoms with van der Waals surface area (Å²) < 4.78 is 1.82. The first-order valence-corrected chi connectivity index (χ1v) is 8.89. The minimum Gasteiger partial charge on any atom is -0.354 e. The number of carbonyl (C=O) groups excluding carboxylic acids is 1. The van der Waals surface area contributed by atoms with Crippen molar-refractivity contribution in [2.24, 2.45) is 0 Å². The number of hydrogen-bond acceptors (Lipinski definition) is 3. The van der Waals surface area contributed by atoms with E-state index in [-0.39, 0.29) is 12.1 Å². The maximum Gasteiger partial charge on any atom is 0.319 e. The Balaban J connectivity index is 1.54. The number of anilines is 2. The van der Waals surface area contributed by atoms with Gasteiger partial charge in [-0.3, -0.25) is 0 Å². The Morgan fingerprint density at radius 1 is 1.22 bits per heavy atom. The molecule has 1 fully saturated rings. The summed E-state index contributed by atoms with van der Waals surface area (Å²) in [6, 6.07) is 11.4. The fraction of sp³-hybridized carbons (Fsp3) is 0.250. The molecule has 0 unspecified atom stereocenters. The van der Waals surface area contributed by atoms with Crippen LogP contribution in [0.4, 0.5) is 16.3 Å². The molecule has 1 atom stereocenters. The lowest BCUT2D eigenvalue weighted by Gasteiger charge is -2.18. The Bertz CT molecular complexity index is 693. The van der Waals surface area contributed by atoms with Gasteiger partial charge in [0.2, 0.25) is 0 Å². The van der Waals surface area contributed by atoms with Crippen molar-refractivity contribution in [1.29, 1.82) is 0 Å². The van der Waals surface area contributed by atoms with Crippen LogP contribution in [0.1, 0.15) is 6.42 Å². The molecule has 0 bridgehead atoms. The molecule has 1 saturated heterocycles. The summed E-state index contributed by atoms with van der Waals surface area (Å²) in [6.07, 6.45) is 2.69. The third kappa shape index (κ3) is 4.23. The number of nitrogens with one attached hydrogen (secondary N) is 2. The minimum atomic E-state index is -0.187. The molecule has 5 nitrogen and oxygen atoms in total. The Hall–Kier alpha value is -1.60. The highest BCUT2D eigenvalue weighted by Crippen LogP contribution is 2.22. The summed E-state index contributed by atoms with van der Waals surface area (Å²) in [7, 11) is 0. The number of para-hydroxylation sites is 1. The number of carbonyl (C=O) groups is 1. The van der Waals surface area contributed by atoms with Gasteiger partial charge in [0.15, 0.2) is 0 Å². The predicted molar refractivity (Wildman–Crippen MR) is 98.9 cm³/mol. The number of aromatic nitrogens is 1. The van der Waals surface area contributed by atoms with Crippen LogP contribution in [0.15, 0.2) is 51.5 Å². The van der Waals surface area contributed by atoms with E-state index in [1.54, 1.807) is 6.20 Å². The third-order valence-corrected chi connectivity index (χ3v) is 4.84. The van der Waals surface area contributed by atoms with E-state index < -0.39 is 0 Å². The van der Waals surface area contributed by atoms with Gasteiger partial charge >= 0.3 is 6.03 Å². The van der Waals surface area contributed by atoms with Gasteiger partial charge in [-0.1, -0.05) is 12.1 Å². The zero-order valence-corrected chi connectivity index (χ0v) is 15.5. The molecular weight excluding hydrogens is 424 g/mol. The molecular formula is C16H16Br2N4O. The van der Waals surface area contributed by atoms with Crippen LogP contribution in [-0.2, 0) is 0 Å². The second-order valence-corrected chi connectivity index (χ2v) is 7.11. The molecule has 1 aromatic heterocycles. The van der Waals surface area contributed by atoms with Crippen molar-refractivity contribution in [3.05, 3.63) is 51.5 Å². The highest BCUT2D eigenvalue weighted by Gasteiger charge is 2.24. The van der Waals surface area contributed by atoms with Crippen LogP contribution in [0.25, 0.3) is 0 Å². The van der Waals surface area contributed by atoms with Crippen LogP contribution in [0.5, 0.6) is 0 Å². The normalized spacial score (nSPS) is 17.1. The Kier molecular flexibility index (Phi) is 5.17. The topological polar surface area (TPSA) is 57.3 Å². The van der Waals surface area contributed by atoms with Gasteiger partial charge in [0.05, 0.1) is 5.69 Å². The quantitative estimate of drug-likeness (QED) is 0.759. The molecule has 1 aliphatic rings. The third-order valence-electron chi connectivity index (χ3n) is 3.68. The number of halogens is 2. The lowest BCUT2D eigenvalue weighted by Crippen LogP contribution is -2.39. The number of nitrogens with zero attached hydrogens (tertiary/aromatic N) is 2. The van der Waals surface area contributed by atoms with Gasteiger partial charge in [0.25, 0.3) is 0 Å². The maximum atomic E-state index is 12.1. The van der Waals surface area contributed by atoms with E-state index in [0.29, 0.717) is 0 Å². The molecule has 23 heavy (non-hydrogen) atoms. The SMILES string of the molecule is O=C(Nc1ccccc1Br)N[C@@H]1CCN(c2ccc(Br)cn2)C1. The van der Waals surface area contributed by atoms with E-state index in [0.717, 1.165) is 40.0 Å². The second kappa shape index (κ2) is 7.31. The van der Waals surface area contributed by atoms with Gasteiger partial charge in [-0.05, 0) is 62.5 Å². The van der Waals surface area contributed by atoms with Crippen molar-refractivity contribution >= 4 is 49.4 Å². The number of pyridine rings is 1. The standard InChI is InChI=1S/C16H16Br2N4O/c17-11-5-6-15(19-9-11)22-8-7-12(10-22)20-16(23)21-14-4-2-1-3-13(14)18/h1-6,9,12H,7-8,10H2,(H2,20,21,23)/t12-/m1/s1. The lowest BCUT2D eigenvalue weighted by molar-refractivity contribution is 0.249. The molecule has 0 radical (unpaired) electrons. The van der Waals surface area contributed by atoms with Crippen LogP contribution >= 0.6 is 31.9 Å². The van der Waals surface area contributed by atoms with Gasteiger partial charge in [-0.15, -0.1) is 0 Å². The molecule has 7 heteroatoms. The van der Waals surface area contributed by atoms with Crippen molar-refractivity contribution in [2.75, 3.05) is 23.3 Å². The van der Waals surface area contributed by atoms with Crippen molar-refractivity contribution in [1.82, 2.24) is 10.3 Å². The molecule has 2 aromatic rings. The zero-order chi connectivity index (χ0) is 16.2. The number of amides is 2. The smallest absolute Gasteiger partial charge is 0.319 e. The van der Waals surface area contributed by atoms with Crippen molar-refractivity contribution in [2.45, 2.75) is 12.5 Å². The number of hydrogen-bond donors (Lipinski definition) is 2. The Morgan fingerprint density at radius 3 is 2.78 bits per heavy atom. The lowest BCUT2D eigenvalue weighted by atomic mass is 10.3. The van der Waals surface area contributed by atoms with Gasteiger partial charge in [0, 0.05) is 34.3 Å². The summed E-state index contributed by atoms with van der Waals surface area (Å²) in [5.41, 5.74) is 0.759. The highest BCUT2D eigenvalue weighted by atomic mass is 79.9.